The molecule has 0 spiro atoms. The molecule has 0 saturated carbocycles. The van der Waals surface area contributed by atoms with Gasteiger partial charge in [-0.3, -0.25) is 4.79 Å². The van der Waals surface area contributed by atoms with Crippen LogP contribution in [0.5, 0.6) is 0 Å². The standard InChI is InChI=1S/C16H17NO/c1-2-12-10-11-17-14(12)8-9-15(17)16(18)13-6-4-3-5-7-13/h3-9,12H,2,10-11H2,1H3. The van der Waals surface area contributed by atoms with Crippen molar-refractivity contribution in [3.63, 3.8) is 0 Å². The smallest absolute Gasteiger partial charge is 0.209 e. The van der Waals surface area contributed by atoms with E-state index in [0.29, 0.717) is 5.92 Å². The molecular formula is C16H17NO. The maximum atomic E-state index is 12.4. The summed E-state index contributed by atoms with van der Waals surface area (Å²) in [6.45, 7) is 3.20. The Labute approximate surface area is 107 Å². The van der Waals surface area contributed by atoms with Crippen molar-refractivity contribution >= 4 is 5.78 Å². The lowest BCUT2D eigenvalue weighted by Gasteiger charge is -2.06. The third-order valence-corrected chi connectivity index (χ3v) is 3.90. The van der Waals surface area contributed by atoms with E-state index in [1.165, 1.54) is 12.1 Å². The van der Waals surface area contributed by atoms with E-state index in [1.54, 1.807) is 0 Å². The molecule has 1 aromatic carbocycles. The Morgan fingerprint density at radius 3 is 2.72 bits per heavy atom. The highest BCUT2D eigenvalue weighted by Crippen LogP contribution is 2.33. The van der Waals surface area contributed by atoms with Gasteiger partial charge in [-0.2, -0.15) is 0 Å². The van der Waals surface area contributed by atoms with E-state index >= 15 is 0 Å². The van der Waals surface area contributed by atoms with Crippen molar-refractivity contribution in [2.24, 2.45) is 0 Å². The van der Waals surface area contributed by atoms with Crippen LogP contribution >= 0.6 is 0 Å². The summed E-state index contributed by atoms with van der Waals surface area (Å²) in [6, 6.07) is 13.6. The molecule has 3 rings (SSSR count). The highest BCUT2D eigenvalue weighted by molar-refractivity contribution is 6.08. The van der Waals surface area contributed by atoms with E-state index in [-0.39, 0.29) is 5.78 Å². The number of carbonyl (C=O) groups is 1. The molecule has 0 aliphatic carbocycles. The van der Waals surface area contributed by atoms with Gasteiger partial charge in [-0.15, -0.1) is 0 Å². The topological polar surface area (TPSA) is 22.0 Å². The summed E-state index contributed by atoms with van der Waals surface area (Å²) in [5, 5.41) is 0. The molecule has 92 valence electrons. The highest BCUT2D eigenvalue weighted by Gasteiger charge is 2.25. The lowest BCUT2D eigenvalue weighted by Crippen LogP contribution is -2.08. The van der Waals surface area contributed by atoms with E-state index in [1.807, 2.05) is 36.4 Å². The molecule has 1 aliphatic heterocycles. The first kappa shape index (κ1) is 11.3. The number of fused-ring (bicyclic) bond motifs is 1. The van der Waals surface area contributed by atoms with Gasteiger partial charge >= 0.3 is 0 Å². The average Bonchev–Trinajstić information content (AvgIpc) is 2.99. The SMILES string of the molecule is CCC1CCn2c(C(=O)c3ccccc3)ccc21. The van der Waals surface area contributed by atoms with E-state index < -0.39 is 0 Å². The van der Waals surface area contributed by atoms with Gasteiger partial charge < -0.3 is 4.57 Å². The third-order valence-electron chi connectivity index (χ3n) is 3.90. The van der Waals surface area contributed by atoms with Crippen molar-refractivity contribution in [2.45, 2.75) is 32.2 Å². The molecule has 0 saturated heterocycles. The summed E-state index contributed by atoms with van der Waals surface area (Å²) in [6.07, 6.45) is 2.32. The van der Waals surface area contributed by atoms with E-state index in [2.05, 4.69) is 17.6 Å². The van der Waals surface area contributed by atoms with Crippen LogP contribution < -0.4 is 0 Å². The van der Waals surface area contributed by atoms with Gasteiger partial charge in [-0.25, -0.2) is 0 Å². The summed E-state index contributed by atoms with van der Waals surface area (Å²) in [5.41, 5.74) is 2.95. The van der Waals surface area contributed by atoms with Crippen LogP contribution in [0.15, 0.2) is 42.5 Å². The lowest BCUT2D eigenvalue weighted by molar-refractivity contribution is 0.103. The second-order valence-electron chi connectivity index (χ2n) is 4.88. The largest absolute Gasteiger partial charge is 0.342 e. The Morgan fingerprint density at radius 2 is 2.00 bits per heavy atom. The number of aromatic nitrogens is 1. The average molecular weight is 239 g/mol. The normalized spacial score (nSPS) is 17.7. The molecule has 0 amide bonds. The molecule has 1 atom stereocenters. The predicted octanol–water partition coefficient (Wildman–Crippen LogP) is 3.62. The second kappa shape index (κ2) is 4.45. The summed E-state index contributed by atoms with van der Waals surface area (Å²) in [4.78, 5) is 12.4. The first-order valence-corrected chi connectivity index (χ1v) is 6.60. The zero-order valence-corrected chi connectivity index (χ0v) is 10.6. The first-order chi connectivity index (χ1) is 8.81. The fraction of sp³-hybridized carbons (Fsp3) is 0.312. The van der Waals surface area contributed by atoms with E-state index in [4.69, 9.17) is 0 Å². The maximum absolute atomic E-state index is 12.4. The second-order valence-corrected chi connectivity index (χ2v) is 4.88. The van der Waals surface area contributed by atoms with E-state index in [9.17, 15) is 4.79 Å². The van der Waals surface area contributed by atoms with Gasteiger partial charge in [0.2, 0.25) is 5.78 Å². The fourth-order valence-corrected chi connectivity index (χ4v) is 2.87. The number of benzene rings is 1. The van der Waals surface area contributed by atoms with Gasteiger partial charge in [0.1, 0.15) is 0 Å². The minimum absolute atomic E-state index is 0.138. The minimum atomic E-state index is 0.138. The number of carbonyl (C=O) groups excluding carboxylic acids is 1. The third kappa shape index (κ3) is 1.69. The van der Waals surface area contributed by atoms with Gasteiger partial charge in [-0.05, 0) is 25.0 Å². The molecule has 1 unspecified atom stereocenters. The van der Waals surface area contributed by atoms with Crippen LogP contribution in [-0.4, -0.2) is 10.4 Å². The Bertz CT molecular complexity index is 568. The molecule has 2 heteroatoms. The molecule has 0 radical (unpaired) electrons. The molecule has 1 aromatic heterocycles. The highest BCUT2D eigenvalue weighted by atomic mass is 16.1. The van der Waals surface area contributed by atoms with Crippen LogP contribution in [0.4, 0.5) is 0 Å². The minimum Gasteiger partial charge on any atom is -0.342 e. The van der Waals surface area contributed by atoms with E-state index in [0.717, 1.165) is 24.2 Å². The summed E-state index contributed by atoms with van der Waals surface area (Å²) in [7, 11) is 0. The monoisotopic (exact) mass is 239 g/mol. The Hall–Kier alpha value is -1.83. The lowest BCUT2D eigenvalue weighted by atomic mass is 10.0. The summed E-state index contributed by atoms with van der Waals surface area (Å²) >= 11 is 0. The zero-order chi connectivity index (χ0) is 12.5. The summed E-state index contributed by atoms with van der Waals surface area (Å²) < 4.78 is 2.20. The zero-order valence-electron chi connectivity index (χ0n) is 10.6. The number of nitrogens with zero attached hydrogens (tertiary/aromatic N) is 1. The van der Waals surface area contributed by atoms with Gasteiger partial charge in [-0.1, -0.05) is 37.3 Å². The van der Waals surface area contributed by atoms with Crippen LogP contribution in [-0.2, 0) is 6.54 Å². The molecule has 2 aromatic rings. The van der Waals surface area contributed by atoms with Crippen molar-refractivity contribution in [3.05, 3.63) is 59.4 Å². The van der Waals surface area contributed by atoms with Gasteiger partial charge in [0, 0.05) is 23.7 Å². The van der Waals surface area contributed by atoms with Crippen molar-refractivity contribution in [2.75, 3.05) is 0 Å². The summed E-state index contributed by atoms with van der Waals surface area (Å²) in [5.74, 6) is 0.765. The molecule has 1 aliphatic rings. The number of ketones is 1. The van der Waals surface area contributed by atoms with Crippen molar-refractivity contribution in [3.8, 4) is 0 Å². The molecule has 0 bridgehead atoms. The van der Waals surface area contributed by atoms with Gasteiger partial charge in [0.25, 0.3) is 0 Å². The van der Waals surface area contributed by atoms with Crippen LogP contribution in [0.3, 0.4) is 0 Å². The van der Waals surface area contributed by atoms with Crippen LogP contribution in [0, 0.1) is 0 Å². The first-order valence-electron chi connectivity index (χ1n) is 6.60. The Morgan fingerprint density at radius 1 is 1.22 bits per heavy atom. The maximum Gasteiger partial charge on any atom is 0.209 e. The number of rotatable bonds is 3. The molecule has 0 N–H and O–H groups in total. The molecule has 18 heavy (non-hydrogen) atoms. The van der Waals surface area contributed by atoms with Crippen LogP contribution in [0.1, 0.15) is 47.4 Å². The molecular weight excluding hydrogens is 222 g/mol. The number of hydrogen-bond acceptors (Lipinski definition) is 1. The van der Waals surface area contributed by atoms with Crippen LogP contribution in [0.2, 0.25) is 0 Å². The van der Waals surface area contributed by atoms with Crippen molar-refractivity contribution in [1.29, 1.82) is 0 Å². The Balaban J connectivity index is 1.98. The molecule has 2 nitrogen and oxygen atoms in total. The van der Waals surface area contributed by atoms with Crippen molar-refractivity contribution in [1.82, 2.24) is 4.57 Å². The quantitative estimate of drug-likeness (QED) is 0.750. The predicted molar refractivity (Wildman–Crippen MR) is 72.0 cm³/mol. The fourth-order valence-electron chi connectivity index (χ4n) is 2.87. The van der Waals surface area contributed by atoms with Crippen LogP contribution in [0.25, 0.3) is 0 Å². The van der Waals surface area contributed by atoms with Gasteiger partial charge in [0.05, 0.1) is 5.69 Å². The molecule has 0 fully saturated rings. The Kier molecular flexibility index (Phi) is 2.78. The molecule has 2 heterocycles. The number of hydrogen-bond donors (Lipinski definition) is 0. The van der Waals surface area contributed by atoms with Gasteiger partial charge in [0.15, 0.2) is 0 Å². The van der Waals surface area contributed by atoms with Crippen molar-refractivity contribution < 1.29 is 4.79 Å².